The van der Waals surface area contributed by atoms with Gasteiger partial charge in [0.1, 0.15) is 0 Å². The molecule has 0 bridgehead atoms. The summed E-state index contributed by atoms with van der Waals surface area (Å²) in [4.78, 5) is 60.4. The quantitative estimate of drug-likeness (QED) is 0.1000. The Balaban J connectivity index is 1.45. The molecule has 7 aromatic rings. The minimum atomic E-state index is -0.438. The molecule has 0 N–H and O–H groups in total. The molecule has 256 valence electrons. The van der Waals surface area contributed by atoms with E-state index >= 15 is 0 Å². The van der Waals surface area contributed by atoms with E-state index in [0.717, 1.165) is 11.1 Å². The topological polar surface area (TPSA) is 74.8 Å². The Bertz CT molecular complexity index is 2520. The van der Waals surface area contributed by atoms with Crippen LogP contribution < -0.4 is 0 Å². The first kappa shape index (κ1) is 35.6. The van der Waals surface area contributed by atoms with E-state index in [9.17, 15) is 19.2 Å². The van der Waals surface area contributed by atoms with Gasteiger partial charge in [-0.3, -0.25) is 29.0 Å². The molecule has 0 fully saturated rings. The van der Waals surface area contributed by atoms with Crippen LogP contribution in [0.15, 0.2) is 96.4 Å². The Labute approximate surface area is 362 Å². The molecule has 0 saturated carbocycles. The molecule has 2 aliphatic rings. The lowest BCUT2D eigenvalue weighted by Gasteiger charge is -2.33. The first-order chi connectivity index (χ1) is 24.9. The maximum Gasteiger partial charge on any atom is 0.262 e. The summed E-state index contributed by atoms with van der Waals surface area (Å²) in [5.41, 5.74) is 2.98. The lowest BCUT2D eigenvalue weighted by molar-refractivity contribution is 0.0582. The number of benzene rings is 7. The summed E-state index contributed by atoms with van der Waals surface area (Å²) in [6.45, 7) is 0.177. The first-order valence-corrected chi connectivity index (χ1v) is 21.7. The molecule has 0 radical (unpaired) electrons. The normalized spacial score (nSPS) is 14.4. The number of carbonyl (C=O) groups is 4. The van der Waals surface area contributed by atoms with Crippen molar-refractivity contribution >= 4 is 194 Å². The predicted octanol–water partition coefficient (Wildman–Crippen LogP) is 13.4. The van der Waals surface area contributed by atoms with Gasteiger partial charge in [0.25, 0.3) is 23.6 Å². The number of hydrogen-bond acceptors (Lipinski definition) is 4. The van der Waals surface area contributed by atoms with Crippen molar-refractivity contribution in [3.63, 3.8) is 0 Å². The fourth-order valence-corrected chi connectivity index (χ4v) is 12.2. The van der Waals surface area contributed by atoms with Gasteiger partial charge >= 0.3 is 0 Å². The Morgan fingerprint density at radius 2 is 0.577 bits per heavy atom. The summed E-state index contributed by atoms with van der Waals surface area (Å²) in [5, 5.41) is 5.03. The van der Waals surface area contributed by atoms with Crippen molar-refractivity contribution in [2.24, 2.45) is 0 Å². The highest BCUT2D eigenvalue weighted by Crippen LogP contribution is 2.59. The summed E-state index contributed by atoms with van der Waals surface area (Å²) in [5.74, 6) is -1.75. The molecule has 4 amide bonds. The molecule has 7 aromatic carbocycles. The summed E-state index contributed by atoms with van der Waals surface area (Å²) in [7, 11) is 0. The molecular weight excluding hydrogens is 1190 g/mol. The van der Waals surface area contributed by atoms with Gasteiger partial charge in [-0.25, -0.2) is 0 Å². The van der Waals surface area contributed by atoms with Gasteiger partial charge in [0.2, 0.25) is 0 Å². The zero-order chi connectivity index (χ0) is 36.7. The summed E-state index contributed by atoms with van der Waals surface area (Å²) in [6.07, 6.45) is 0. The number of carbonyl (C=O) groups excluding carboxylic acids is 4. The molecule has 0 aromatic heterocycles. The van der Waals surface area contributed by atoms with E-state index in [0.29, 0.717) is 101 Å². The van der Waals surface area contributed by atoms with Crippen LogP contribution in [0, 0.1) is 0 Å². The molecule has 6 nitrogen and oxygen atoms in total. The molecule has 0 saturated heterocycles. The lowest BCUT2D eigenvalue weighted by Crippen LogP contribution is -2.40. The van der Waals surface area contributed by atoms with Gasteiger partial charge < -0.3 is 0 Å². The van der Waals surface area contributed by atoms with E-state index in [4.69, 9.17) is 0 Å². The van der Waals surface area contributed by atoms with Gasteiger partial charge in [0, 0.05) is 78.9 Å². The third-order valence-corrected chi connectivity index (χ3v) is 18.2. The number of hydrogen-bond donors (Lipinski definition) is 0. The second kappa shape index (κ2) is 12.8. The molecule has 2 heterocycles. The smallest absolute Gasteiger partial charge is 0.262 e. The van der Waals surface area contributed by atoms with Crippen molar-refractivity contribution in [3.8, 4) is 0 Å². The molecule has 2 aliphatic heterocycles. The van der Waals surface area contributed by atoms with E-state index in [2.05, 4.69) is 127 Å². The summed E-state index contributed by atoms with van der Waals surface area (Å²) < 4.78 is 4.19. The van der Waals surface area contributed by atoms with Crippen LogP contribution in [0.3, 0.4) is 0 Å². The predicted molar refractivity (Wildman–Crippen MR) is 231 cm³/mol. The third-order valence-electron chi connectivity index (χ3n) is 9.73. The molecule has 9 rings (SSSR count). The third kappa shape index (κ3) is 4.70. The number of fused-ring (bicyclic) bond motifs is 2. The van der Waals surface area contributed by atoms with Crippen LogP contribution in [-0.2, 0) is 13.1 Å². The van der Waals surface area contributed by atoms with Crippen molar-refractivity contribution in [1.29, 1.82) is 0 Å². The Hall–Kier alpha value is -2.04. The fraction of sp³-hybridized carbons (Fsp3) is 0.0526. The van der Waals surface area contributed by atoms with Gasteiger partial charge in [-0.15, -0.1) is 0 Å². The van der Waals surface area contributed by atoms with Crippen LogP contribution in [0.4, 0.5) is 0 Å². The number of amides is 4. The average molecular weight is 1200 g/mol. The molecular formula is C38H14Br8N2O4. The van der Waals surface area contributed by atoms with Crippen LogP contribution in [0.2, 0.25) is 0 Å². The Morgan fingerprint density at radius 3 is 0.827 bits per heavy atom. The van der Waals surface area contributed by atoms with E-state index in [1.54, 1.807) is 0 Å². The number of nitrogens with zero attached hydrogens (tertiary/aromatic N) is 2. The van der Waals surface area contributed by atoms with E-state index in [1.165, 1.54) is 9.80 Å². The van der Waals surface area contributed by atoms with Crippen molar-refractivity contribution in [2.45, 2.75) is 13.1 Å². The summed E-state index contributed by atoms with van der Waals surface area (Å²) in [6, 6.07) is 18.8. The van der Waals surface area contributed by atoms with E-state index < -0.39 is 23.6 Å². The fourth-order valence-electron chi connectivity index (χ4n) is 7.54. The van der Waals surface area contributed by atoms with Crippen molar-refractivity contribution in [2.75, 3.05) is 0 Å². The molecule has 0 unspecified atom stereocenters. The number of rotatable bonds is 4. The average Bonchev–Trinajstić information content (AvgIpc) is 3.13. The minimum Gasteiger partial charge on any atom is -0.270 e. The van der Waals surface area contributed by atoms with Gasteiger partial charge in [-0.1, -0.05) is 60.7 Å². The molecule has 14 heteroatoms. The molecule has 0 aliphatic carbocycles. The standard InChI is InChI=1S/C38H14Br8N2O4/c39-27-19-15-17-23(31(27)43)35(49)47(11-13-7-3-1-4-8-13)36(50)24(17)32(44)28(40)20(15)22-16-18-25(33(45)29(41)21(16)19)37(51)48(12-14-9-5-2-6-10-14)38(52)26(18)34(46)30(22)42/h1-10H,11-12H2. The lowest BCUT2D eigenvalue weighted by atomic mass is 9.82. The van der Waals surface area contributed by atoms with E-state index in [-0.39, 0.29) is 13.1 Å². The highest BCUT2D eigenvalue weighted by Gasteiger charge is 2.43. The SMILES string of the molecule is O=C1c2c(Br)c(Br)c3c4c(Br)c(Br)c5c6c(c(Br)c(Br)c(c7c(Br)c(Br)c(c2c37)C(=O)N1Cc1ccccc1)c64)C(=O)N(Cc1ccccc1)C5=O. The first-order valence-electron chi connectivity index (χ1n) is 15.4. The van der Waals surface area contributed by atoms with Gasteiger partial charge in [-0.05, 0) is 139 Å². The maximum absolute atomic E-state index is 14.5. The maximum atomic E-state index is 14.5. The molecule has 0 atom stereocenters. The number of halogens is 8. The second-order valence-corrected chi connectivity index (χ2v) is 18.7. The van der Waals surface area contributed by atoms with Gasteiger partial charge in [-0.2, -0.15) is 0 Å². The van der Waals surface area contributed by atoms with Crippen LogP contribution in [0.1, 0.15) is 52.6 Å². The van der Waals surface area contributed by atoms with Crippen molar-refractivity contribution < 1.29 is 19.2 Å². The van der Waals surface area contributed by atoms with Crippen molar-refractivity contribution in [1.82, 2.24) is 9.80 Å². The zero-order valence-corrected chi connectivity index (χ0v) is 38.4. The van der Waals surface area contributed by atoms with Crippen molar-refractivity contribution in [3.05, 3.63) is 130 Å². The van der Waals surface area contributed by atoms with Gasteiger partial charge in [0.05, 0.1) is 35.3 Å². The second-order valence-electron chi connectivity index (χ2n) is 12.4. The molecule has 52 heavy (non-hydrogen) atoms. The Kier molecular flexibility index (Phi) is 8.74. The molecule has 0 spiro atoms. The van der Waals surface area contributed by atoms with Crippen LogP contribution >= 0.6 is 127 Å². The zero-order valence-electron chi connectivity index (χ0n) is 25.7. The van der Waals surface area contributed by atoms with Crippen LogP contribution in [-0.4, -0.2) is 33.4 Å². The highest BCUT2D eigenvalue weighted by atomic mass is 79.9. The van der Waals surface area contributed by atoms with Crippen LogP contribution in [0.25, 0.3) is 43.1 Å². The highest BCUT2D eigenvalue weighted by molar-refractivity contribution is 9.14. The van der Waals surface area contributed by atoms with E-state index in [1.807, 2.05) is 60.7 Å². The largest absolute Gasteiger partial charge is 0.270 e. The minimum absolute atomic E-state index is 0.0884. The van der Waals surface area contributed by atoms with Gasteiger partial charge in [0.15, 0.2) is 0 Å². The summed E-state index contributed by atoms with van der Waals surface area (Å²) >= 11 is 30.5. The van der Waals surface area contributed by atoms with Crippen LogP contribution in [0.5, 0.6) is 0 Å². The number of imide groups is 2. The Morgan fingerprint density at radius 1 is 0.327 bits per heavy atom. The monoisotopic (exact) mass is 1190 g/mol.